The third kappa shape index (κ3) is 3.95. The highest BCUT2D eigenvalue weighted by molar-refractivity contribution is 5.87. The second kappa shape index (κ2) is 7.50. The molecule has 1 aromatic carbocycles. The van der Waals surface area contributed by atoms with Crippen molar-refractivity contribution in [1.82, 2.24) is 9.80 Å². The third-order valence-corrected chi connectivity index (χ3v) is 5.54. The van der Waals surface area contributed by atoms with Gasteiger partial charge in [-0.25, -0.2) is 0 Å². The van der Waals surface area contributed by atoms with Crippen LogP contribution in [0.25, 0.3) is 0 Å². The summed E-state index contributed by atoms with van der Waals surface area (Å²) < 4.78 is 44.4. The fourth-order valence-corrected chi connectivity index (χ4v) is 4.00. The van der Waals surface area contributed by atoms with Crippen molar-refractivity contribution in [1.29, 1.82) is 0 Å². The minimum atomic E-state index is -4.49. The number of carbonyl (C=O) groups excluding carboxylic acids is 2. The smallest absolute Gasteiger partial charge is 0.383 e. The predicted molar refractivity (Wildman–Crippen MR) is 91.9 cm³/mol. The third-order valence-electron chi connectivity index (χ3n) is 5.54. The molecule has 0 saturated carbocycles. The highest BCUT2D eigenvalue weighted by atomic mass is 19.4. The number of likely N-dealkylation sites (tertiary alicyclic amines) is 2. The Morgan fingerprint density at radius 2 is 1.93 bits per heavy atom. The lowest BCUT2D eigenvalue weighted by molar-refractivity contribution is -0.138. The lowest BCUT2D eigenvalue weighted by Crippen LogP contribution is -2.39. The van der Waals surface area contributed by atoms with Crippen LogP contribution < -0.4 is 0 Å². The number of alkyl halides is 3. The molecular formula is C19H23F3N2O3. The van der Waals surface area contributed by atoms with Crippen molar-refractivity contribution in [2.24, 2.45) is 5.41 Å². The molecule has 2 aliphatic heterocycles. The quantitative estimate of drug-likeness (QED) is 0.783. The molecule has 5 nitrogen and oxygen atoms in total. The molecule has 148 valence electrons. The van der Waals surface area contributed by atoms with Crippen LogP contribution in [0.3, 0.4) is 0 Å². The first-order valence-corrected chi connectivity index (χ1v) is 8.98. The van der Waals surface area contributed by atoms with Crippen LogP contribution in [-0.2, 0) is 26.9 Å². The minimum Gasteiger partial charge on any atom is -0.383 e. The molecule has 3 rings (SSSR count). The van der Waals surface area contributed by atoms with Gasteiger partial charge in [0.05, 0.1) is 24.0 Å². The van der Waals surface area contributed by atoms with Gasteiger partial charge in [0.25, 0.3) is 0 Å². The zero-order valence-electron chi connectivity index (χ0n) is 15.2. The highest BCUT2D eigenvalue weighted by Gasteiger charge is 2.51. The molecule has 2 heterocycles. The predicted octanol–water partition coefficient (Wildman–Crippen LogP) is 2.35. The first-order valence-electron chi connectivity index (χ1n) is 8.98. The Balaban J connectivity index is 1.66. The summed E-state index contributed by atoms with van der Waals surface area (Å²) in [6.07, 6.45) is -3.58. The first kappa shape index (κ1) is 19.7. The molecule has 27 heavy (non-hydrogen) atoms. The minimum absolute atomic E-state index is 0.0190. The summed E-state index contributed by atoms with van der Waals surface area (Å²) >= 11 is 0. The number of methoxy groups -OCH3 is 1. The number of rotatable bonds is 5. The van der Waals surface area contributed by atoms with E-state index < -0.39 is 17.2 Å². The maximum absolute atomic E-state index is 13.1. The molecule has 0 N–H and O–H groups in total. The SMILES string of the molecule is COCCN1CCC2(CCN(C(=O)Cc3ccccc3C(F)(F)F)C2)C1=O. The number of carbonyl (C=O) groups is 2. The van der Waals surface area contributed by atoms with E-state index in [-0.39, 0.29) is 30.3 Å². The maximum Gasteiger partial charge on any atom is 0.416 e. The number of hydrogen-bond acceptors (Lipinski definition) is 3. The summed E-state index contributed by atoms with van der Waals surface area (Å²) in [4.78, 5) is 28.6. The van der Waals surface area contributed by atoms with E-state index in [2.05, 4.69) is 0 Å². The van der Waals surface area contributed by atoms with Gasteiger partial charge in [0, 0.05) is 33.3 Å². The van der Waals surface area contributed by atoms with Gasteiger partial charge in [0.15, 0.2) is 0 Å². The number of halogens is 3. The Kier molecular flexibility index (Phi) is 5.46. The molecule has 2 amide bonds. The standard InChI is InChI=1S/C19H23F3N2O3/c1-27-11-10-23-8-6-18(17(23)26)7-9-24(13-18)16(25)12-14-4-2-3-5-15(14)19(20,21)22/h2-5H,6-13H2,1H3. The number of benzene rings is 1. The lowest BCUT2D eigenvalue weighted by atomic mass is 9.85. The fourth-order valence-electron chi connectivity index (χ4n) is 4.00. The van der Waals surface area contributed by atoms with Crippen molar-refractivity contribution in [3.8, 4) is 0 Å². The second-order valence-electron chi connectivity index (χ2n) is 7.21. The maximum atomic E-state index is 13.1. The Bertz CT molecular complexity index is 722. The molecule has 1 spiro atoms. The molecule has 1 aromatic rings. The Morgan fingerprint density at radius 1 is 1.22 bits per heavy atom. The molecule has 1 atom stereocenters. The van der Waals surface area contributed by atoms with Gasteiger partial charge >= 0.3 is 6.18 Å². The average Bonchev–Trinajstić information content (AvgIpc) is 3.19. The van der Waals surface area contributed by atoms with Crippen molar-refractivity contribution < 1.29 is 27.5 Å². The lowest BCUT2D eigenvalue weighted by Gasteiger charge is -2.24. The Labute approximate surface area is 156 Å². The molecule has 0 radical (unpaired) electrons. The highest BCUT2D eigenvalue weighted by Crippen LogP contribution is 2.41. The van der Waals surface area contributed by atoms with Crippen molar-refractivity contribution in [2.45, 2.75) is 25.4 Å². The van der Waals surface area contributed by atoms with Crippen LogP contribution in [0.4, 0.5) is 13.2 Å². The molecule has 8 heteroatoms. The number of hydrogen-bond donors (Lipinski definition) is 0. The zero-order chi connectivity index (χ0) is 19.7. The molecule has 1 unspecified atom stereocenters. The van der Waals surface area contributed by atoms with Crippen LogP contribution in [0, 0.1) is 5.41 Å². The van der Waals surface area contributed by atoms with E-state index in [4.69, 9.17) is 4.74 Å². The van der Waals surface area contributed by atoms with E-state index in [1.807, 2.05) is 0 Å². The van der Waals surface area contributed by atoms with Gasteiger partial charge in [0.1, 0.15) is 0 Å². The van der Waals surface area contributed by atoms with Gasteiger partial charge in [-0.1, -0.05) is 18.2 Å². The first-order chi connectivity index (χ1) is 12.8. The summed E-state index contributed by atoms with van der Waals surface area (Å²) in [5, 5.41) is 0. The van der Waals surface area contributed by atoms with E-state index in [1.54, 1.807) is 12.0 Å². The van der Waals surface area contributed by atoms with E-state index in [0.29, 0.717) is 39.1 Å². The molecule has 2 aliphatic rings. The fraction of sp³-hybridized carbons (Fsp3) is 0.579. The average molecular weight is 384 g/mol. The van der Waals surface area contributed by atoms with Crippen molar-refractivity contribution >= 4 is 11.8 Å². The molecule has 2 saturated heterocycles. The van der Waals surface area contributed by atoms with Gasteiger partial charge in [-0.15, -0.1) is 0 Å². The van der Waals surface area contributed by atoms with Crippen LogP contribution >= 0.6 is 0 Å². The molecule has 0 aromatic heterocycles. The van der Waals surface area contributed by atoms with Gasteiger partial charge in [-0.2, -0.15) is 13.2 Å². The normalized spacial score (nSPS) is 22.9. The number of ether oxygens (including phenoxy) is 1. The molecule has 0 bridgehead atoms. The van der Waals surface area contributed by atoms with Crippen molar-refractivity contribution in [3.05, 3.63) is 35.4 Å². The van der Waals surface area contributed by atoms with Crippen LogP contribution in [-0.4, -0.2) is 61.5 Å². The van der Waals surface area contributed by atoms with E-state index >= 15 is 0 Å². The Hall–Kier alpha value is -2.09. The monoisotopic (exact) mass is 384 g/mol. The van der Waals surface area contributed by atoms with Crippen LogP contribution in [0.1, 0.15) is 24.0 Å². The Morgan fingerprint density at radius 3 is 2.63 bits per heavy atom. The van der Waals surface area contributed by atoms with Crippen LogP contribution in [0.15, 0.2) is 24.3 Å². The van der Waals surface area contributed by atoms with E-state index in [1.165, 1.54) is 23.1 Å². The van der Waals surface area contributed by atoms with Crippen molar-refractivity contribution in [2.75, 3.05) is 39.9 Å². The van der Waals surface area contributed by atoms with E-state index in [9.17, 15) is 22.8 Å². The summed E-state index contributed by atoms with van der Waals surface area (Å²) in [7, 11) is 1.57. The zero-order valence-corrected chi connectivity index (χ0v) is 15.2. The van der Waals surface area contributed by atoms with Crippen LogP contribution in [0.5, 0.6) is 0 Å². The van der Waals surface area contributed by atoms with Gasteiger partial charge in [-0.3, -0.25) is 9.59 Å². The summed E-state index contributed by atoms with van der Waals surface area (Å²) in [5.41, 5.74) is -1.40. The van der Waals surface area contributed by atoms with E-state index in [0.717, 1.165) is 6.07 Å². The number of nitrogens with zero attached hydrogens (tertiary/aromatic N) is 2. The molecular weight excluding hydrogens is 361 g/mol. The summed E-state index contributed by atoms with van der Waals surface area (Å²) in [6, 6.07) is 5.13. The summed E-state index contributed by atoms with van der Waals surface area (Å²) in [6.45, 7) is 2.28. The largest absolute Gasteiger partial charge is 0.416 e. The van der Waals surface area contributed by atoms with Crippen LogP contribution in [0.2, 0.25) is 0 Å². The van der Waals surface area contributed by atoms with Crippen molar-refractivity contribution in [3.63, 3.8) is 0 Å². The second-order valence-corrected chi connectivity index (χ2v) is 7.21. The topological polar surface area (TPSA) is 49.9 Å². The molecule has 0 aliphatic carbocycles. The van der Waals surface area contributed by atoms with Gasteiger partial charge < -0.3 is 14.5 Å². The van der Waals surface area contributed by atoms with Gasteiger partial charge in [-0.05, 0) is 24.5 Å². The number of amides is 2. The van der Waals surface area contributed by atoms with Gasteiger partial charge in [0.2, 0.25) is 11.8 Å². The molecule has 2 fully saturated rings. The summed E-state index contributed by atoms with van der Waals surface area (Å²) in [5.74, 6) is -0.350.